The Morgan fingerprint density at radius 2 is 1.77 bits per heavy atom. The number of anilines is 1. The number of imidazole rings is 1. The number of nitrogens with zero attached hydrogens (tertiary/aromatic N) is 6. The summed E-state index contributed by atoms with van der Waals surface area (Å²) < 4.78 is 2.14. The Balaban J connectivity index is 0.000000211. The summed E-state index contributed by atoms with van der Waals surface area (Å²) in [6.45, 7) is 4.97. The van der Waals surface area contributed by atoms with Crippen molar-refractivity contribution in [1.82, 2.24) is 29.6 Å². The second-order valence-corrected chi connectivity index (χ2v) is 9.38. The zero-order valence-electron chi connectivity index (χ0n) is 20.8. The van der Waals surface area contributed by atoms with E-state index in [9.17, 15) is 0 Å². The second kappa shape index (κ2) is 11.0. The van der Waals surface area contributed by atoms with Gasteiger partial charge in [0, 0.05) is 62.6 Å². The van der Waals surface area contributed by atoms with E-state index in [0.717, 1.165) is 61.1 Å². The molecule has 4 aromatic heterocycles. The van der Waals surface area contributed by atoms with Crippen LogP contribution in [0.15, 0.2) is 61.1 Å². The molecule has 7 heteroatoms. The Kier molecular flexibility index (Phi) is 7.35. The van der Waals surface area contributed by atoms with Gasteiger partial charge in [-0.25, -0.2) is 9.97 Å². The molecule has 1 fully saturated rings. The van der Waals surface area contributed by atoms with Gasteiger partial charge in [0.15, 0.2) is 0 Å². The number of pyridine rings is 3. The van der Waals surface area contributed by atoms with E-state index in [2.05, 4.69) is 55.9 Å². The van der Waals surface area contributed by atoms with Gasteiger partial charge in [-0.15, -0.1) is 0 Å². The van der Waals surface area contributed by atoms with Gasteiger partial charge in [-0.3, -0.25) is 9.38 Å². The molecule has 0 saturated carbocycles. The van der Waals surface area contributed by atoms with Crippen LogP contribution in [0.3, 0.4) is 0 Å². The highest BCUT2D eigenvalue weighted by Gasteiger charge is 2.17. The largest absolute Gasteiger partial charge is 0.354 e. The molecule has 1 N–H and O–H groups in total. The topological polar surface area (TPSA) is 61.6 Å². The van der Waals surface area contributed by atoms with E-state index in [-0.39, 0.29) is 0 Å². The lowest BCUT2D eigenvalue weighted by Crippen LogP contribution is -2.44. The van der Waals surface area contributed by atoms with Crippen molar-refractivity contribution in [3.05, 3.63) is 78.0 Å². The molecule has 7 nitrogen and oxygen atoms in total. The fraction of sp³-hybridized carbons (Fsp3) is 0.393. The minimum atomic E-state index is 0.733. The van der Waals surface area contributed by atoms with Crippen molar-refractivity contribution in [3.63, 3.8) is 0 Å². The van der Waals surface area contributed by atoms with Gasteiger partial charge < -0.3 is 15.1 Å². The number of hydrogen-bond acceptors (Lipinski definition) is 6. The molecule has 2 aliphatic rings. The van der Waals surface area contributed by atoms with Gasteiger partial charge in [0.25, 0.3) is 0 Å². The lowest BCUT2D eigenvalue weighted by molar-refractivity contribution is 0.312. The molecule has 0 spiro atoms. The summed E-state index contributed by atoms with van der Waals surface area (Å²) in [5, 5.41) is 3.21. The van der Waals surface area contributed by atoms with Gasteiger partial charge in [-0.1, -0.05) is 12.1 Å². The van der Waals surface area contributed by atoms with Gasteiger partial charge in [0.1, 0.15) is 11.5 Å². The third-order valence-corrected chi connectivity index (χ3v) is 6.89. The van der Waals surface area contributed by atoms with Crippen LogP contribution in [0.5, 0.6) is 0 Å². The van der Waals surface area contributed by atoms with E-state index in [1.54, 1.807) is 0 Å². The maximum absolute atomic E-state index is 4.76. The molecule has 0 aromatic carbocycles. The molecule has 0 bridgehead atoms. The number of piperazine rings is 1. The van der Waals surface area contributed by atoms with Crippen LogP contribution >= 0.6 is 0 Å². The van der Waals surface area contributed by atoms with E-state index < -0.39 is 0 Å². The summed E-state index contributed by atoms with van der Waals surface area (Å²) in [4.78, 5) is 18.5. The van der Waals surface area contributed by atoms with E-state index in [0.29, 0.717) is 0 Å². The molecule has 1 aliphatic carbocycles. The van der Waals surface area contributed by atoms with Crippen molar-refractivity contribution in [3.8, 4) is 11.3 Å². The minimum absolute atomic E-state index is 0.733. The smallest absolute Gasteiger partial charge is 0.137 e. The molecule has 0 amide bonds. The lowest BCUT2D eigenvalue weighted by Gasteiger charge is -2.33. The van der Waals surface area contributed by atoms with Crippen molar-refractivity contribution in [2.75, 3.05) is 45.2 Å². The molecule has 35 heavy (non-hydrogen) atoms. The average Bonchev–Trinajstić information content (AvgIpc) is 3.28. The second-order valence-electron chi connectivity index (χ2n) is 9.38. The molecular formula is C28H35N7. The van der Waals surface area contributed by atoms with Gasteiger partial charge in [-0.05, 0) is 75.7 Å². The zero-order valence-corrected chi connectivity index (χ0v) is 20.8. The van der Waals surface area contributed by atoms with Crippen LogP contribution in [0.1, 0.15) is 29.8 Å². The zero-order chi connectivity index (χ0) is 24.0. The normalized spacial score (nSPS) is 16.0. The number of nitrogens with one attached hydrogen (secondary N) is 1. The number of rotatable bonds is 4. The highest BCUT2D eigenvalue weighted by molar-refractivity contribution is 5.67. The first-order chi connectivity index (χ1) is 17.2. The van der Waals surface area contributed by atoms with Crippen LogP contribution in [0.4, 0.5) is 5.82 Å². The summed E-state index contributed by atoms with van der Waals surface area (Å²) >= 11 is 0. The van der Waals surface area contributed by atoms with Crippen LogP contribution in [0.25, 0.3) is 16.9 Å². The maximum Gasteiger partial charge on any atom is 0.137 e. The minimum Gasteiger partial charge on any atom is -0.354 e. The van der Waals surface area contributed by atoms with Gasteiger partial charge >= 0.3 is 0 Å². The SMILES string of the molecule is CNCc1nc2ccccn2c1-c1ccc(N2CCN(C)CC2)nc1.c1cnc2c(c1)CCCC2. The van der Waals surface area contributed by atoms with Crippen molar-refractivity contribution in [2.45, 2.75) is 32.2 Å². The monoisotopic (exact) mass is 469 g/mol. The first kappa shape index (κ1) is 23.5. The predicted octanol–water partition coefficient (Wildman–Crippen LogP) is 3.83. The van der Waals surface area contributed by atoms with Crippen molar-refractivity contribution in [2.24, 2.45) is 0 Å². The number of aromatic nitrogens is 4. The van der Waals surface area contributed by atoms with E-state index in [4.69, 9.17) is 9.97 Å². The summed E-state index contributed by atoms with van der Waals surface area (Å²) in [6, 6.07) is 14.6. The maximum atomic E-state index is 4.76. The van der Waals surface area contributed by atoms with E-state index in [1.165, 1.54) is 36.9 Å². The quantitative estimate of drug-likeness (QED) is 0.490. The molecule has 0 atom stereocenters. The number of likely N-dealkylation sites (N-methyl/N-ethyl adjacent to an activating group) is 1. The third-order valence-electron chi connectivity index (χ3n) is 6.89. The molecule has 4 aromatic rings. The molecule has 5 heterocycles. The highest BCUT2D eigenvalue weighted by atomic mass is 15.3. The van der Waals surface area contributed by atoms with Crippen molar-refractivity contribution >= 4 is 11.5 Å². The average molecular weight is 470 g/mol. The van der Waals surface area contributed by atoms with Crippen LogP contribution in [0, 0.1) is 0 Å². The molecular weight excluding hydrogens is 434 g/mol. The van der Waals surface area contributed by atoms with Gasteiger partial charge in [0.05, 0.1) is 11.4 Å². The fourth-order valence-electron chi connectivity index (χ4n) is 4.92. The molecule has 182 valence electrons. The number of fused-ring (bicyclic) bond motifs is 2. The first-order valence-corrected chi connectivity index (χ1v) is 12.7. The first-order valence-electron chi connectivity index (χ1n) is 12.7. The summed E-state index contributed by atoms with van der Waals surface area (Å²) in [5.74, 6) is 1.06. The highest BCUT2D eigenvalue weighted by Crippen LogP contribution is 2.26. The molecule has 6 rings (SSSR count). The summed E-state index contributed by atoms with van der Waals surface area (Å²) in [5.41, 5.74) is 7.01. The number of aryl methyl sites for hydroxylation is 2. The third kappa shape index (κ3) is 5.36. The molecule has 1 saturated heterocycles. The Labute approximate surface area is 207 Å². The van der Waals surface area contributed by atoms with E-state index >= 15 is 0 Å². The Morgan fingerprint density at radius 1 is 0.914 bits per heavy atom. The Hall–Kier alpha value is -3.29. The standard InChI is InChI=1S/C19H24N6.C9H11N/c1-20-14-16-19(25-8-4-3-5-18(25)22-16)15-6-7-17(21-13-15)24-11-9-23(2)10-12-24;1-2-6-9-8(4-1)5-3-7-10-9/h3-8,13,20H,9-12,14H2,1-2H3;3,5,7H,1-2,4,6H2. The fourth-order valence-corrected chi connectivity index (χ4v) is 4.92. The number of hydrogen-bond donors (Lipinski definition) is 1. The molecule has 1 aliphatic heterocycles. The van der Waals surface area contributed by atoms with Crippen LogP contribution in [-0.4, -0.2) is 64.5 Å². The summed E-state index contributed by atoms with van der Waals surface area (Å²) in [6.07, 6.45) is 11.0. The van der Waals surface area contributed by atoms with Crippen LogP contribution in [0.2, 0.25) is 0 Å². The Bertz CT molecular complexity index is 1210. The molecule has 0 unspecified atom stereocenters. The van der Waals surface area contributed by atoms with Gasteiger partial charge in [0.2, 0.25) is 0 Å². The lowest BCUT2D eigenvalue weighted by atomic mass is 9.96. The summed E-state index contributed by atoms with van der Waals surface area (Å²) in [7, 11) is 4.12. The molecule has 0 radical (unpaired) electrons. The van der Waals surface area contributed by atoms with Crippen LogP contribution in [-0.2, 0) is 19.4 Å². The van der Waals surface area contributed by atoms with Gasteiger partial charge in [-0.2, -0.15) is 0 Å². The van der Waals surface area contributed by atoms with Crippen LogP contribution < -0.4 is 10.2 Å². The van der Waals surface area contributed by atoms with Crippen molar-refractivity contribution < 1.29 is 0 Å². The van der Waals surface area contributed by atoms with E-state index in [1.807, 2.05) is 43.7 Å². The van der Waals surface area contributed by atoms with Crippen molar-refractivity contribution in [1.29, 1.82) is 0 Å². The Morgan fingerprint density at radius 3 is 2.54 bits per heavy atom. The predicted molar refractivity (Wildman–Crippen MR) is 142 cm³/mol.